The van der Waals surface area contributed by atoms with E-state index in [1.807, 2.05) is 41.8 Å². The second kappa shape index (κ2) is 9.60. The van der Waals surface area contributed by atoms with Gasteiger partial charge in [-0.3, -0.25) is 9.78 Å². The van der Waals surface area contributed by atoms with Crippen molar-refractivity contribution >= 4 is 33.6 Å². The van der Waals surface area contributed by atoms with E-state index >= 15 is 0 Å². The van der Waals surface area contributed by atoms with Crippen molar-refractivity contribution in [1.29, 1.82) is 0 Å². The molecule has 5 rings (SSSR count). The number of amides is 1. The fourth-order valence-corrected chi connectivity index (χ4v) is 5.50. The van der Waals surface area contributed by atoms with E-state index in [2.05, 4.69) is 32.3 Å². The Hall–Kier alpha value is -3.07. The molecule has 3 aromatic heterocycles. The summed E-state index contributed by atoms with van der Waals surface area (Å²) in [4.78, 5) is 24.7. The lowest BCUT2D eigenvalue weighted by Gasteiger charge is -2.28. The van der Waals surface area contributed by atoms with Gasteiger partial charge in [0.05, 0.1) is 35.3 Å². The molecule has 1 aromatic carbocycles. The molecule has 0 bridgehead atoms. The molecule has 0 saturated carbocycles. The van der Waals surface area contributed by atoms with Gasteiger partial charge in [-0.15, -0.1) is 22.7 Å². The van der Waals surface area contributed by atoms with Crippen molar-refractivity contribution in [3.63, 3.8) is 0 Å². The number of thiophene rings is 1. The van der Waals surface area contributed by atoms with E-state index in [-0.39, 0.29) is 5.91 Å². The lowest BCUT2D eigenvalue weighted by atomic mass is 10.1. The molecule has 1 fully saturated rings. The fraction of sp³-hybridized carbons (Fsp3) is 0.208. The Kier molecular flexibility index (Phi) is 6.24. The van der Waals surface area contributed by atoms with Crippen molar-refractivity contribution in [2.45, 2.75) is 6.54 Å². The van der Waals surface area contributed by atoms with Gasteiger partial charge in [-0.25, -0.2) is 4.98 Å². The Morgan fingerprint density at radius 1 is 1.06 bits per heavy atom. The van der Waals surface area contributed by atoms with Crippen LogP contribution >= 0.6 is 22.7 Å². The summed E-state index contributed by atoms with van der Waals surface area (Å²) in [6.07, 6.45) is 3.51. The molecule has 0 spiro atoms. The van der Waals surface area contributed by atoms with E-state index in [0.717, 1.165) is 45.5 Å². The molecular weight excluding hydrogens is 440 g/mol. The van der Waals surface area contributed by atoms with Crippen LogP contribution in [0.5, 0.6) is 0 Å². The van der Waals surface area contributed by atoms with Crippen LogP contribution in [0.1, 0.15) is 14.7 Å². The normalized spacial score (nSPS) is 13.8. The lowest BCUT2D eigenvalue weighted by molar-refractivity contribution is 0.0955. The number of benzene rings is 1. The van der Waals surface area contributed by atoms with Crippen LogP contribution in [0.2, 0.25) is 0 Å². The first kappa shape index (κ1) is 20.8. The third-order valence-corrected chi connectivity index (χ3v) is 7.29. The molecule has 1 saturated heterocycles. The van der Waals surface area contributed by atoms with E-state index < -0.39 is 0 Å². The van der Waals surface area contributed by atoms with Crippen molar-refractivity contribution in [3.8, 4) is 22.4 Å². The van der Waals surface area contributed by atoms with Crippen molar-refractivity contribution in [2.24, 2.45) is 0 Å². The number of aromatic nitrogens is 2. The van der Waals surface area contributed by atoms with E-state index in [0.29, 0.717) is 24.6 Å². The number of carbonyl (C=O) groups excluding carboxylic acids is 1. The summed E-state index contributed by atoms with van der Waals surface area (Å²) < 4.78 is 5.52. The highest BCUT2D eigenvalue weighted by molar-refractivity contribution is 7.18. The predicted molar refractivity (Wildman–Crippen MR) is 129 cm³/mol. The first-order valence-electron chi connectivity index (χ1n) is 10.4. The molecule has 1 amide bonds. The smallest absolute Gasteiger partial charge is 0.261 e. The molecule has 0 aliphatic carbocycles. The fourth-order valence-electron chi connectivity index (χ4n) is 3.61. The average molecular weight is 463 g/mol. The van der Waals surface area contributed by atoms with Gasteiger partial charge in [0.2, 0.25) is 0 Å². The minimum absolute atomic E-state index is 0.0765. The van der Waals surface area contributed by atoms with E-state index in [9.17, 15) is 4.79 Å². The van der Waals surface area contributed by atoms with Crippen molar-refractivity contribution in [1.82, 2.24) is 15.3 Å². The Balaban J connectivity index is 1.33. The molecule has 162 valence electrons. The first-order chi connectivity index (χ1) is 15.8. The first-order valence-corrected chi connectivity index (χ1v) is 12.1. The Bertz CT molecular complexity index is 1190. The number of nitrogens with zero attached hydrogens (tertiary/aromatic N) is 3. The maximum atomic E-state index is 13.0. The summed E-state index contributed by atoms with van der Waals surface area (Å²) in [6, 6.07) is 16.1. The van der Waals surface area contributed by atoms with Crippen molar-refractivity contribution in [3.05, 3.63) is 76.2 Å². The Morgan fingerprint density at radius 3 is 2.62 bits per heavy atom. The number of hydrogen-bond donors (Lipinski definition) is 1. The van der Waals surface area contributed by atoms with Gasteiger partial charge < -0.3 is 15.0 Å². The molecule has 4 heterocycles. The van der Waals surface area contributed by atoms with E-state index in [1.54, 1.807) is 35.1 Å². The summed E-state index contributed by atoms with van der Waals surface area (Å²) in [5.41, 5.74) is 4.14. The molecule has 1 aliphatic heterocycles. The number of hydrogen-bond acceptors (Lipinski definition) is 7. The highest BCUT2D eigenvalue weighted by Gasteiger charge is 2.22. The van der Waals surface area contributed by atoms with Gasteiger partial charge in [-0.1, -0.05) is 30.3 Å². The molecule has 0 unspecified atom stereocenters. The minimum Gasteiger partial charge on any atom is -0.378 e. The van der Waals surface area contributed by atoms with Gasteiger partial charge in [-0.2, -0.15) is 0 Å². The number of pyridine rings is 1. The number of thiazole rings is 1. The van der Waals surface area contributed by atoms with Gasteiger partial charge in [0.1, 0.15) is 5.01 Å². The van der Waals surface area contributed by atoms with Crippen LogP contribution in [-0.4, -0.2) is 42.2 Å². The van der Waals surface area contributed by atoms with Crippen LogP contribution in [0.3, 0.4) is 0 Å². The molecule has 1 aliphatic rings. The molecule has 6 nitrogen and oxygen atoms in total. The monoisotopic (exact) mass is 462 g/mol. The highest BCUT2D eigenvalue weighted by atomic mass is 32.1. The summed E-state index contributed by atoms with van der Waals surface area (Å²) in [5, 5.41) is 7.04. The number of carbonyl (C=O) groups is 1. The SMILES string of the molecule is O=C(NCc1nc(-c2ccncc2)cs1)c1cc(-c2ccccc2)c(N2CCOCC2)s1. The second-order valence-electron chi connectivity index (χ2n) is 7.34. The molecular formula is C24H22N4O2S2. The molecule has 32 heavy (non-hydrogen) atoms. The average Bonchev–Trinajstić information content (AvgIpc) is 3.52. The second-order valence-corrected chi connectivity index (χ2v) is 9.31. The number of ether oxygens (including phenoxy) is 1. The standard InChI is InChI=1S/C24H22N4O2S2/c29-23(26-15-22-27-20(16-31-22)18-6-8-25-9-7-18)21-14-19(17-4-2-1-3-5-17)24(32-21)28-10-12-30-13-11-28/h1-9,14,16H,10-13,15H2,(H,26,29). The third kappa shape index (κ3) is 4.57. The molecule has 1 N–H and O–H groups in total. The number of nitrogens with one attached hydrogen (secondary N) is 1. The van der Waals surface area contributed by atoms with Gasteiger partial charge >= 0.3 is 0 Å². The van der Waals surface area contributed by atoms with Crippen LogP contribution in [0.4, 0.5) is 5.00 Å². The number of anilines is 1. The van der Waals surface area contributed by atoms with Crippen LogP contribution in [0, 0.1) is 0 Å². The zero-order chi connectivity index (χ0) is 21.8. The van der Waals surface area contributed by atoms with Gasteiger partial charge in [0.25, 0.3) is 5.91 Å². The molecule has 8 heteroatoms. The topological polar surface area (TPSA) is 67.4 Å². The summed E-state index contributed by atoms with van der Waals surface area (Å²) in [5.74, 6) is -0.0765. The number of morpholine rings is 1. The molecule has 0 atom stereocenters. The van der Waals surface area contributed by atoms with Crippen LogP contribution in [0.25, 0.3) is 22.4 Å². The molecule has 0 radical (unpaired) electrons. The minimum atomic E-state index is -0.0765. The number of rotatable bonds is 6. The van der Waals surface area contributed by atoms with Crippen molar-refractivity contribution in [2.75, 3.05) is 31.2 Å². The van der Waals surface area contributed by atoms with Gasteiger partial charge in [-0.05, 0) is 23.8 Å². The predicted octanol–water partition coefficient (Wildman–Crippen LogP) is 4.70. The molecule has 4 aromatic rings. The highest BCUT2D eigenvalue weighted by Crippen LogP contribution is 2.39. The zero-order valence-corrected chi connectivity index (χ0v) is 19.0. The Morgan fingerprint density at radius 2 is 1.84 bits per heavy atom. The van der Waals surface area contributed by atoms with Crippen molar-refractivity contribution < 1.29 is 9.53 Å². The zero-order valence-electron chi connectivity index (χ0n) is 17.4. The van der Waals surface area contributed by atoms with Crippen LogP contribution in [-0.2, 0) is 11.3 Å². The van der Waals surface area contributed by atoms with E-state index in [4.69, 9.17) is 4.74 Å². The third-order valence-electron chi connectivity index (χ3n) is 5.25. The maximum Gasteiger partial charge on any atom is 0.261 e. The summed E-state index contributed by atoms with van der Waals surface area (Å²) in [6.45, 7) is 3.48. The maximum absolute atomic E-state index is 13.0. The largest absolute Gasteiger partial charge is 0.378 e. The quantitative estimate of drug-likeness (QED) is 0.450. The Labute approximate surface area is 194 Å². The van der Waals surface area contributed by atoms with Gasteiger partial charge in [0.15, 0.2) is 0 Å². The lowest BCUT2D eigenvalue weighted by Crippen LogP contribution is -2.35. The van der Waals surface area contributed by atoms with Crippen LogP contribution < -0.4 is 10.2 Å². The van der Waals surface area contributed by atoms with Gasteiger partial charge in [0, 0.05) is 42.0 Å². The van der Waals surface area contributed by atoms with Crippen LogP contribution in [0.15, 0.2) is 66.3 Å². The summed E-state index contributed by atoms with van der Waals surface area (Å²) in [7, 11) is 0. The van der Waals surface area contributed by atoms with E-state index in [1.165, 1.54) is 0 Å². The summed E-state index contributed by atoms with van der Waals surface area (Å²) >= 11 is 3.09.